The molecule has 0 bridgehead atoms. The lowest BCUT2D eigenvalue weighted by Crippen LogP contribution is -1.99. The van der Waals surface area contributed by atoms with Crippen LogP contribution in [0.4, 0.5) is 0 Å². The van der Waals surface area contributed by atoms with Crippen molar-refractivity contribution in [2.24, 2.45) is 0 Å². The van der Waals surface area contributed by atoms with E-state index in [1.807, 2.05) is 72.8 Å². The monoisotopic (exact) mass is 340 g/mol. The van der Waals surface area contributed by atoms with Crippen LogP contribution in [0.15, 0.2) is 121 Å². The first-order valence-corrected chi connectivity index (χ1v) is 8.47. The summed E-state index contributed by atoms with van der Waals surface area (Å²) in [6, 6.07) is 39.5. The molecule has 2 heteroatoms. The molecule has 0 spiro atoms. The van der Waals surface area contributed by atoms with Crippen molar-refractivity contribution in [3.05, 3.63) is 121 Å². The van der Waals surface area contributed by atoms with Crippen molar-refractivity contribution in [1.82, 2.24) is 0 Å². The molecule has 2 nitrogen and oxygen atoms in total. The predicted octanol–water partition coefficient (Wildman–Crippen LogP) is 6.41. The van der Waals surface area contributed by atoms with Gasteiger partial charge in [0.15, 0.2) is 11.5 Å². The first-order chi connectivity index (χ1) is 12.9. The lowest BCUT2D eigenvalue weighted by atomic mass is 10.1. The van der Waals surface area contributed by atoms with Gasteiger partial charge in [-0.05, 0) is 35.4 Å². The number of hydrogen-bond donors (Lipinski definition) is 0. The van der Waals surface area contributed by atoms with Crippen molar-refractivity contribution in [3.8, 4) is 22.6 Å². The Morgan fingerprint density at radius 3 is 0.885 bits per heavy atom. The number of rotatable bonds is 4. The highest BCUT2D eigenvalue weighted by molar-refractivity contribution is 5.62. The molecule has 0 unspecified atom stereocenters. The first-order valence-electron chi connectivity index (χ1n) is 8.47. The van der Waals surface area contributed by atoms with Crippen LogP contribution in [0, 0.1) is 0 Å². The molecule has 0 aliphatic heterocycles. The molecule has 4 aromatic rings. The zero-order chi connectivity index (χ0) is 17.9. The summed E-state index contributed by atoms with van der Waals surface area (Å²) in [5.74, 6) is 1.38. The molecule has 0 amide bonds. The SMILES string of the molecule is c1ccc(-c2ccccc2)cc1.c1ccc(OOc2ccccc2)cc1. The Morgan fingerprint density at radius 1 is 0.308 bits per heavy atom. The van der Waals surface area contributed by atoms with Gasteiger partial charge in [0.1, 0.15) is 0 Å². The van der Waals surface area contributed by atoms with Crippen LogP contribution < -0.4 is 9.78 Å². The third kappa shape index (κ3) is 5.53. The van der Waals surface area contributed by atoms with E-state index in [-0.39, 0.29) is 0 Å². The summed E-state index contributed by atoms with van der Waals surface area (Å²) in [7, 11) is 0. The van der Waals surface area contributed by atoms with Gasteiger partial charge in [0.05, 0.1) is 0 Å². The average molecular weight is 340 g/mol. The van der Waals surface area contributed by atoms with E-state index >= 15 is 0 Å². The minimum Gasteiger partial charge on any atom is -0.290 e. The van der Waals surface area contributed by atoms with E-state index in [1.165, 1.54) is 11.1 Å². The Balaban J connectivity index is 0.000000152. The standard InChI is InChI=1S/C12H10O2.C12H10/c1-3-7-11(8-4-1)13-14-12-9-5-2-6-10-12;1-3-7-11(8-4-1)12-9-5-2-6-10-12/h1-10H;1-10H. The Kier molecular flexibility index (Phi) is 6.46. The number of para-hydroxylation sites is 2. The van der Waals surface area contributed by atoms with Crippen molar-refractivity contribution in [2.75, 3.05) is 0 Å². The second kappa shape index (κ2) is 9.70. The van der Waals surface area contributed by atoms with Crippen LogP contribution in [0.3, 0.4) is 0 Å². The third-order valence-electron chi connectivity index (χ3n) is 3.60. The van der Waals surface area contributed by atoms with Crippen molar-refractivity contribution < 1.29 is 9.78 Å². The van der Waals surface area contributed by atoms with E-state index in [0.29, 0.717) is 11.5 Å². The summed E-state index contributed by atoms with van der Waals surface area (Å²) in [4.78, 5) is 10.2. The van der Waals surface area contributed by atoms with E-state index in [4.69, 9.17) is 9.78 Å². The minimum absolute atomic E-state index is 0.691. The molecule has 0 aliphatic rings. The molecule has 4 aromatic carbocycles. The summed E-state index contributed by atoms with van der Waals surface area (Å²) in [5, 5.41) is 0. The zero-order valence-electron chi connectivity index (χ0n) is 14.4. The lowest BCUT2D eigenvalue weighted by molar-refractivity contribution is -0.0999. The average Bonchev–Trinajstić information content (AvgIpc) is 2.75. The third-order valence-corrected chi connectivity index (χ3v) is 3.60. The van der Waals surface area contributed by atoms with Crippen molar-refractivity contribution >= 4 is 0 Å². The number of benzene rings is 4. The van der Waals surface area contributed by atoms with Crippen LogP contribution in [0.25, 0.3) is 11.1 Å². The maximum atomic E-state index is 5.09. The molecule has 0 radical (unpaired) electrons. The maximum Gasteiger partial charge on any atom is 0.178 e. The summed E-state index contributed by atoms with van der Waals surface area (Å²) in [6.45, 7) is 0. The van der Waals surface area contributed by atoms with Gasteiger partial charge in [0.25, 0.3) is 0 Å². The molecule has 0 aliphatic carbocycles. The van der Waals surface area contributed by atoms with Crippen molar-refractivity contribution in [2.45, 2.75) is 0 Å². The highest BCUT2D eigenvalue weighted by Crippen LogP contribution is 2.17. The van der Waals surface area contributed by atoms with Gasteiger partial charge >= 0.3 is 0 Å². The quantitative estimate of drug-likeness (QED) is 0.315. The van der Waals surface area contributed by atoms with Gasteiger partial charge in [0, 0.05) is 0 Å². The Labute approximate surface area is 154 Å². The Morgan fingerprint density at radius 2 is 0.577 bits per heavy atom. The van der Waals surface area contributed by atoms with Gasteiger partial charge in [-0.2, -0.15) is 0 Å². The van der Waals surface area contributed by atoms with E-state index in [1.54, 1.807) is 0 Å². The lowest BCUT2D eigenvalue weighted by Gasteiger charge is -2.04. The number of hydrogen-bond acceptors (Lipinski definition) is 2. The van der Waals surface area contributed by atoms with Gasteiger partial charge in [-0.25, -0.2) is 0 Å². The van der Waals surface area contributed by atoms with Gasteiger partial charge in [0.2, 0.25) is 0 Å². The molecule has 0 saturated heterocycles. The fourth-order valence-corrected chi connectivity index (χ4v) is 2.31. The van der Waals surface area contributed by atoms with Crippen molar-refractivity contribution in [3.63, 3.8) is 0 Å². The molecule has 0 saturated carbocycles. The van der Waals surface area contributed by atoms with E-state index in [2.05, 4.69) is 48.5 Å². The molecule has 26 heavy (non-hydrogen) atoms. The molecule has 0 atom stereocenters. The normalized spacial score (nSPS) is 9.54. The molecule has 0 heterocycles. The molecule has 0 fully saturated rings. The molecule has 0 N–H and O–H groups in total. The van der Waals surface area contributed by atoms with Crippen LogP contribution in [0.2, 0.25) is 0 Å². The van der Waals surface area contributed by atoms with E-state index < -0.39 is 0 Å². The van der Waals surface area contributed by atoms with Crippen molar-refractivity contribution in [1.29, 1.82) is 0 Å². The second-order valence-electron chi connectivity index (χ2n) is 5.52. The van der Waals surface area contributed by atoms with Crippen LogP contribution in [-0.4, -0.2) is 0 Å². The van der Waals surface area contributed by atoms with Gasteiger partial charge < -0.3 is 0 Å². The van der Waals surface area contributed by atoms with E-state index in [0.717, 1.165) is 0 Å². The van der Waals surface area contributed by atoms with Crippen LogP contribution in [-0.2, 0) is 0 Å². The maximum absolute atomic E-state index is 5.09. The highest BCUT2D eigenvalue weighted by Gasteiger charge is 1.94. The summed E-state index contributed by atoms with van der Waals surface area (Å²) < 4.78 is 0. The summed E-state index contributed by atoms with van der Waals surface area (Å²) in [6.07, 6.45) is 0. The highest BCUT2D eigenvalue weighted by atomic mass is 17.2. The first kappa shape index (κ1) is 17.3. The van der Waals surface area contributed by atoms with Gasteiger partial charge in [-0.3, -0.25) is 9.78 Å². The zero-order valence-corrected chi connectivity index (χ0v) is 14.4. The van der Waals surface area contributed by atoms with Gasteiger partial charge in [-0.1, -0.05) is 97.1 Å². The van der Waals surface area contributed by atoms with E-state index in [9.17, 15) is 0 Å². The molecule has 4 rings (SSSR count). The Hall–Kier alpha value is -3.52. The Bertz CT molecular complexity index is 784. The van der Waals surface area contributed by atoms with Crippen LogP contribution in [0.5, 0.6) is 11.5 Å². The van der Waals surface area contributed by atoms with Gasteiger partial charge in [-0.15, -0.1) is 0 Å². The minimum atomic E-state index is 0.691. The molecular formula is C24H20O2. The molecule has 128 valence electrons. The fourth-order valence-electron chi connectivity index (χ4n) is 2.31. The smallest absolute Gasteiger partial charge is 0.178 e. The van der Waals surface area contributed by atoms with Crippen LogP contribution in [0.1, 0.15) is 0 Å². The van der Waals surface area contributed by atoms with Crippen LogP contribution >= 0.6 is 0 Å². The summed E-state index contributed by atoms with van der Waals surface area (Å²) >= 11 is 0. The summed E-state index contributed by atoms with van der Waals surface area (Å²) in [5.41, 5.74) is 2.55. The topological polar surface area (TPSA) is 18.5 Å². The molecule has 0 aromatic heterocycles. The fraction of sp³-hybridized carbons (Fsp3) is 0. The molecular weight excluding hydrogens is 320 g/mol. The largest absolute Gasteiger partial charge is 0.290 e. The second-order valence-corrected chi connectivity index (χ2v) is 5.52. The predicted molar refractivity (Wildman–Crippen MR) is 106 cm³/mol.